The molecular weight excluding hydrogens is 528 g/mol. The Bertz CT molecular complexity index is 1680. The number of carbonyl (C=O) groups is 1. The molecular formula is C34H38N4O4. The average molecular weight is 567 g/mol. The van der Waals surface area contributed by atoms with Crippen LogP contribution in [-0.2, 0) is 9.53 Å². The molecule has 42 heavy (non-hydrogen) atoms. The number of aliphatic hydroxyl groups is 2. The van der Waals surface area contributed by atoms with Gasteiger partial charge in [-0.25, -0.2) is 15.0 Å². The van der Waals surface area contributed by atoms with Crippen LogP contribution in [0, 0.1) is 11.8 Å². The summed E-state index contributed by atoms with van der Waals surface area (Å²) in [4.78, 5) is 27.3. The molecule has 0 spiro atoms. The number of fused-ring (bicyclic) bond motifs is 5. The van der Waals surface area contributed by atoms with Crippen molar-refractivity contribution in [3.05, 3.63) is 91.5 Å². The average Bonchev–Trinajstić information content (AvgIpc) is 3.70. The summed E-state index contributed by atoms with van der Waals surface area (Å²) in [6.07, 6.45) is 7.43. The minimum Gasteiger partial charge on any atom is -0.511 e. The van der Waals surface area contributed by atoms with Gasteiger partial charge in [0.15, 0.2) is 0 Å². The first-order chi connectivity index (χ1) is 20.0. The molecule has 1 aliphatic carbocycles. The summed E-state index contributed by atoms with van der Waals surface area (Å²) < 4.78 is 4.97. The van der Waals surface area contributed by atoms with Crippen LogP contribution in [0.15, 0.2) is 106 Å². The number of hydrogen-bond acceptors (Lipinski definition) is 8. The van der Waals surface area contributed by atoms with E-state index in [0.717, 1.165) is 85.4 Å². The van der Waals surface area contributed by atoms with Gasteiger partial charge < -0.3 is 20.3 Å². The number of ether oxygens (including phenoxy) is 1. The van der Waals surface area contributed by atoms with Crippen LogP contribution in [0.4, 0.5) is 0 Å². The van der Waals surface area contributed by atoms with E-state index >= 15 is 0 Å². The van der Waals surface area contributed by atoms with Gasteiger partial charge in [-0.05, 0) is 81.1 Å². The fraction of sp³-hybridized carbons (Fsp3) is 0.412. The van der Waals surface area contributed by atoms with Crippen LogP contribution in [-0.4, -0.2) is 46.5 Å². The molecule has 8 bridgehead atoms. The Morgan fingerprint density at radius 1 is 1.07 bits per heavy atom. The van der Waals surface area contributed by atoms with Crippen molar-refractivity contribution < 1.29 is 19.7 Å². The van der Waals surface area contributed by atoms with Gasteiger partial charge >= 0.3 is 5.97 Å². The molecule has 5 aliphatic heterocycles. The summed E-state index contributed by atoms with van der Waals surface area (Å²) in [5, 5.41) is 25.7. The molecule has 0 saturated carbocycles. The largest absolute Gasteiger partial charge is 0.511 e. The number of allylic oxidation sites excluding steroid dienone is 11. The SMILES string of the molecule is CCC1=C(C)C2=NC1=CC1=C(C)C3=C(O)CC(=C4NC(=CC5=NC(=C2)C(C(C)O)=C5C)C(C)C4CCC(=O)OC)C3=N1. The molecule has 0 aromatic rings. The third kappa shape index (κ3) is 4.31. The van der Waals surface area contributed by atoms with Crippen molar-refractivity contribution >= 4 is 23.1 Å². The number of nitrogens with one attached hydrogen (secondary N) is 1. The van der Waals surface area contributed by atoms with Crippen LogP contribution in [0.3, 0.4) is 0 Å². The summed E-state index contributed by atoms with van der Waals surface area (Å²) >= 11 is 0. The summed E-state index contributed by atoms with van der Waals surface area (Å²) in [6, 6.07) is 0. The standard InChI is InChI=1S/C34H38N4O4/c1-8-20-15(2)23-14-28-31(19(6)39)17(4)25(36-28)12-24-16(3)21(9-10-30(41)42-7)33(37-24)22-11-29(40)32-18(5)26(38-34(22)32)13-27(20)35-23/h12-14,16,19,21,37,39-40H,8-11H2,1-7H3. The molecule has 6 aliphatic rings. The van der Waals surface area contributed by atoms with Gasteiger partial charge in [0.25, 0.3) is 0 Å². The van der Waals surface area contributed by atoms with Crippen molar-refractivity contribution in [2.24, 2.45) is 26.8 Å². The molecule has 3 N–H and O–H groups in total. The number of methoxy groups -OCH3 is 1. The number of aliphatic imine (C=N–C) groups is 3. The molecule has 0 aromatic carbocycles. The van der Waals surface area contributed by atoms with Crippen LogP contribution in [0.25, 0.3) is 0 Å². The number of hydrogen-bond donors (Lipinski definition) is 3. The van der Waals surface area contributed by atoms with Gasteiger partial charge in [0.1, 0.15) is 5.76 Å². The molecule has 8 nitrogen and oxygen atoms in total. The van der Waals surface area contributed by atoms with Gasteiger partial charge in [-0.3, -0.25) is 4.79 Å². The van der Waals surface area contributed by atoms with Gasteiger partial charge in [0, 0.05) is 52.8 Å². The maximum Gasteiger partial charge on any atom is 0.305 e. The molecule has 3 unspecified atom stereocenters. The van der Waals surface area contributed by atoms with Crippen molar-refractivity contribution in [3.8, 4) is 0 Å². The van der Waals surface area contributed by atoms with Crippen molar-refractivity contribution in [3.63, 3.8) is 0 Å². The lowest BCUT2D eigenvalue weighted by atomic mass is 9.86. The Morgan fingerprint density at radius 2 is 1.79 bits per heavy atom. The molecule has 6 rings (SSSR count). The highest BCUT2D eigenvalue weighted by Crippen LogP contribution is 2.46. The number of rotatable bonds is 5. The summed E-state index contributed by atoms with van der Waals surface area (Å²) in [5.41, 5.74) is 13.3. The van der Waals surface area contributed by atoms with E-state index in [1.807, 2.05) is 26.0 Å². The van der Waals surface area contributed by atoms with Crippen LogP contribution >= 0.6 is 0 Å². The maximum absolute atomic E-state index is 12.2. The van der Waals surface area contributed by atoms with E-state index in [4.69, 9.17) is 19.7 Å². The van der Waals surface area contributed by atoms with E-state index in [0.29, 0.717) is 24.3 Å². The predicted molar refractivity (Wildman–Crippen MR) is 165 cm³/mol. The van der Waals surface area contributed by atoms with Gasteiger partial charge in [-0.2, -0.15) is 0 Å². The van der Waals surface area contributed by atoms with Crippen molar-refractivity contribution in [2.45, 2.75) is 73.3 Å². The third-order valence-corrected chi connectivity index (χ3v) is 9.41. The molecule has 1 saturated heterocycles. The zero-order valence-electron chi connectivity index (χ0n) is 25.3. The smallest absolute Gasteiger partial charge is 0.305 e. The van der Waals surface area contributed by atoms with E-state index < -0.39 is 6.10 Å². The molecule has 1 fully saturated rings. The van der Waals surface area contributed by atoms with E-state index in [1.165, 1.54) is 7.11 Å². The Labute approximate surface area is 246 Å². The Balaban J connectivity index is 1.60. The van der Waals surface area contributed by atoms with Crippen LogP contribution in [0.1, 0.15) is 67.2 Å². The third-order valence-electron chi connectivity index (χ3n) is 9.41. The second-order valence-electron chi connectivity index (χ2n) is 11.8. The topological polar surface area (TPSA) is 116 Å². The first-order valence-corrected chi connectivity index (χ1v) is 14.8. The molecule has 218 valence electrons. The predicted octanol–water partition coefficient (Wildman–Crippen LogP) is 5.99. The highest BCUT2D eigenvalue weighted by atomic mass is 16.5. The van der Waals surface area contributed by atoms with Crippen molar-refractivity contribution in [1.82, 2.24) is 5.32 Å². The summed E-state index contributed by atoms with van der Waals surface area (Å²) in [5.74, 6) is 0.109. The van der Waals surface area contributed by atoms with Crippen LogP contribution < -0.4 is 5.32 Å². The Morgan fingerprint density at radius 3 is 2.48 bits per heavy atom. The first-order valence-electron chi connectivity index (χ1n) is 14.8. The normalized spacial score (nSPS) is 25.5. The minimum atomic E-state index is -0.700. The van der Waals surface area contributed by atoms with E-state index in [2.05, 4.69) is 32.2 Å². The second-order valence-corrected chi connectivity index (χ2v) is 11.8. The number of aliphatic hydroxyl groups excluding tert-OH is 2. The Hall–Kier alpha value is -4.04. The van der Waals surface area contributed by atoms with Gasteiger partial charge in [0.2, 0.25) is 0 Å². The molecule has 8 heteroatoms. The number of esters is 1. The molecule has 0 aromatic heterocycles. The molecule has 0 radical (unpaired) electrons. The lowest BCUT2D eigenvalue weighted by molar-refractivity contribution is -0.140. The quantitative estimate of drug-likeness (QED) is 0.354. The minimum absolute atomic E-state index is 0.00465. The van der Waals surface area contributed by atoms with Crippen molar-refractivity contribution in [1.29, 1.82) is 0 Å². The first kappa shape index (κ1) is 28.1. The fourth-order valence-electron chi connectivity index (χ4n) is 7.03. The number of carbonyl (C=O) groups excluding carboxylic acids is 1. The number of nitrogens with zero attached hydrogens (tertiary/aromatic N) is 3. The summed E-state index contributed by atoms with van der Waals surface area (Å²) in [6.45, 7) is 12.1. The second kappa shape index (κ2) is 10.3. The molecule has 0 amide bonds. The lowest BCUT2D eigenvalue weighted by Crippen LogP contribution is -2.16. The monoisotopic (exact) mass is 566 g/mol. The van der Waals surface area contributed by atoms with Crippen LogP contribution in [0.2, 0.25) is 0 Å². The van der Waals surface area contributed by atoms with E-state index in [-0.39, 0.29) is 24.2 Å². The van der Waals surface area contributed by atoms with Crippen LogP contribution in [0.5, 0.6) is 0 Å². The maximum atomic E-state index is 12.2. The van der Waals surface area contributed by atoms with Gasteiger partial charge in [-0.1, -0.05) is 13.8 Å². The zero-order chi connectivity index (χ0) is 30.0. The molecule has 3 atom stereocenters. The van der Waals surface area contributed by atoms with E-state index in [9.17, 15) is 15.0 Å². The highest BCUT2D eigenvalue weighted by Gasteiger charge is 2.41. The van der Waals surface area contributed by atoms with Gasteiger partial charge in [0.05, 0.1) is 47.4 Å². The zero-order valence-corrected chi connectivity index (χ0v) is 25.3. The van der Waals surface area contributed by atoms with Gasteiger partial charge in [-0.15, -0.1) is 0 Å². The Kier molecular flexibility index (Phi) is 6.92. The van der Waals surface area contributed by atoms with E-state index in [1.54, 1.807) is 6.92 Å². The van der Waals surface area contributed by atoms with Crippen molar-refractivity contribution in [2.75, 3.05) is 7.11 Å². The fourth-order valence-corrected chi connectivity index (χ4v) is 7.03. The molecule has 5 heterocycles. The lowest BCUT2D eigenvalue weighted by Gasteiger charge is -2.17. The highest BCUT2D eigenvalue weighted by molar-refractivity contribution is 6.21. The summed E-state index contributed by atoms with van der Waals surface area (Å²) in [7, 11) is 1.41.